The summed E-state index contributed by atoms with van der Waals surface area (Å²) in [5, 5.41) is 9.03. The number of para-hydroxylation sites is 1. The molecule has 5 rings (SSSR count). The number of aryl methyl sites for hydroxylation is 1. The Hall–Kier alpha value is -4.45. The van der Waals surface area contributed by atoms with Gasteiger partial charge in [0.05, 0.1) is 5.71 Å². The maximum Gasteiger partial charge on any atom is 0.206 e. The number of thioether (sulfide) groups is 1. The smallest absolute Gasteiger partial charge is 0.206 e. The molecule has 42 heavy (non-hydrogen) atoms. The molecule has 0 atom stereocenters. The molecule has 4 nitrogen and oxygen atoms in total. The standard InChI is InChI=1S/C36H29ClN2O2S/c1-25-7-5-6-10-33(25)35(40)26-11-17-30(18-12-26)39(29-8-3-2-4-9-29)31-19-13-27(14-20-31)36(41)34(38)23-24-42-32-21-15-28(37)16-22-32/h2-22,38H,23-24H2,1H3. The molecule has 0 unspecified atom stereocenters. The molecule has 0 aliphatic rings. The Morgan fingerprint density at radius 2 is 1.24 bits per heavy atom. The van der Waals surface area contributed by atoms with Crippen LogP contribution in [0.4, 0.5) is 17.1 Å². The average molecular weight is 589 g/mol. The van der Waals surface area contributed by atoms with Gasteiger partial charge in [0, 0.05) is 55.8 Å². The third-order valence-corrected chi connectivity index (χ3v) is 8.15. The molecular weight excluding hydrogens is 560 g/mol. The average Bonchev–Trinajstić information content (AvgIpc) is 3.03. The lowest BCUT2D eigenvalue weighted by atomic mass is 9.99. The highest BCUT2D eigenvalue weighted by molar-refractivity contribution is 7.99. The minimum atomic E-state index is -0.274. The topological polar surface area (TPSA) is 61.2 Å². The lowest BCUT2D eigenvalue weighted by Gasteiger charge is -2.25. The van der Waals surface area contributed by atoms with E-state index in [1.807, 2.05) is 122 Å². The quantitative estimate of drug-likeness (QED) is 0.0947. The van der Waals surface area contributed by atoms with Crippen LogP contribution in [0.25, 0.3) is 0 Å². The molecule has 0 heterocycles. The molecule has 0 amide bonds. The number of carbonyl (C=O) groups excluding carboxylic acids is 2. The zero-order valence-electron chi connectivity index (χ0n) is 23.1. The van der Waals surface area contributed by atoms with Crippen molar-refractivity contribution in [1.82, 2.24) is 0 Å². The molecule has 0 aliphatic carbocycles. The Kier molecular flexibility index (Phi) is 9.32. The minimum Gasteiger partial charge on any atom is -0.311 e. The highest BCUT2D eigenvalue weighted by Gasteiger charge is 2.17. The van der Waals surface area contributed by atoms with E-state index in [9.17, 15) is 9.59 Å². The third-order valence-electron chi connectivity index (χ3n) is 6.89. The summed E-state index contributed by atoms with van der Waals surface area (Å²) in [7, 11) is 0. The fourth-order valence-corrected chi connectivity index (χ4v) is 5.62. The maximum absolute atomic E-state index is 13.1. The minimum absolute atomic E-state index is 0.0113. The molecule has 0 aliphatic heterocycles. The number of carbonyl (C=O) groups is 2. The molecule has 208 valence electrons. The van der Waals surface area contributed by atoms with Crippen LogP contribution in [0.15, 0.2) is 132 Å². The molecule has 0 radical (unpaired) electrons. The number of hydrogen-bond acceptors (Lipinski definition) is 5. The van der Waals surface area contributed by atoms with Crippen molar-refractivity contribution in [2.45, 2.75) is 18.2 Å². The van der Waals surface area contributed by atoms with Crippen LogP contribution in [-0.2, 0) is 0 Å². The summed E-state index contributed by atoms with van der Waals surface area (Å²) in [4.78, 5) is 29.3. The largest absolute Gasteiger partial charge is 0.311 e. The van der Waals surface area contributed by atoms with Gasteiger partial charge < -0.3 is 10.3 Å². The second kappa shape index (κ2) is 13.5. The highest BCUT2D eigenvalue weighted by atomic mass is 35.5. The van der Waals surface area contributed by atoms with Crippen molar-refractivity contribution < 1.29 is 9.59 Å². The van der Waals surface area contributed by atoms with E-state index < -0.39 is 0 Å². The predicted molar refractivity (Wildman–Crippen MR) is 175 cm³/mol. The number of hydrogen-bond donors (Lipinski definition) is 1. The summed E-state index contributed by atoms with van der Waals surface area (Å²) in [6, 6.07) is 40.0. The zero-order valence-corrected chi connectivity index (χ0v) is 24.7. The van der Waals surface area contributed by atoms with Gasteiger partial charge in [-0.25, -0.2) is 0 Å². The molecule has 5 aromatic rings. The number of Topliss-reactive ketones (excluding diaryl/α,β-unsaturated/α-hetero) is 1. The number of rotatable bonds is 11. The SMILES string of the molecule is Cc1ccccc1C(=O)c1ccc(N(c2ccccc2)c2ccc(C(=O)C(=N)CCSc3ccc(Cl)cc3)cc2)cc1. The second-order valence-electron chi connectivity index (χ2n) is 9.77. The molecular formula is C36H29ClN2O2S. The van der Waals surface area contributed by atoms with E-state index in [4.69, 9.17) is 17.0 Å². The molecule has 1 N–H and O–H groups in total. The summed E-state index contributed by atoms with van der Waals surface area (Å²) >= 11 is 7.54. The lowest BCUT2D eigenvalue weighted by Crippen LogP contribution is -2.15. The first-order valence-corrected chi connectivity index (χ1v) is 14.9. The summed E-state index contributed by atoms with van der Waals surface area (Å²) in [5.74, 6) is 0.348. The van der Waals surface area contributed by atoms with Crippen molar-refractivity contribution >= 4 is 57.7 Å². The van der Waals surface area contributed by atoms with Gasteiger partial charge in [-0.15, -0.1) is 11.8 Å². The van der Waals surface area contributed by atoms with Gasteiger partial charge in [-0.3, -0.25) is 9.59 Å². The van der Waals surface area contributed by atoms with Gasteiger partial charge in [-0.05, 0) is 97.4 Å². The third kappa shape index (κ3) is 6.88. The number of ketones is 2. The van der Waals surface area contributed by atoms with E-state index in [0.29, 0.717) is 33.9 Å². The van der Waals surface area contributed by atoms with Crippen molar-refractivity contribution in [3.8, 4) is 0 Å². The molecule has 0 aromatic heterocycles. The first-order chi connectivity index (χ1) is 20.4. The molecule has 0 fully saturated rings. The van der Waals surface area contributed by atoms with Gasteiger partial charge in [0.25, 0.3) is 0 Å². The van der Waals surface area contributed by atoms with Gasteiger partial charge >= 0.3 is 0 Å². The van der Waals surface area contributed by atoms with Crippen LogP contribution in [-0.4, -0.2) is 23.0 Å². The number of nitrogens with one attached hydrogen (secondary N) is 1. The van der Waals surface area contributed by atoms with E-state index in [1.54, 1.807) is 23.9 Å². The van der Waals surface area contributed by atoms with E-state index in [2.05, 4.69) is 4.90 Å². The van der Waals surface area contributed by atoms with Crippen molar-refractivity contribution in [2.24, 2.45) is 0 Å². The zero-order chi connectivity index (χ0) is 29.5. The monoisotopic (exact) mass is 588 g/mol. The van der Waals surface area contributed by atoms with Crippen molar-refractivity contribution in [3.63, 3.8) is 0 Å². The van der Waals surface area contributed by atoms with Crippen LogP contribution in [0.1, 0.15) is 38.3 Å². The van der Waals surface area contributed by atoms with Gasteiger partial charge in [-0.2, -0.15) is 0 Å². The molecule has 0 spiro atoms. The molecule has 5 aromatic carbocycles. The van der Waals surface area contributed by atoms with E-state index in [0.717, 1.165) is 27.5 Å². The van der Waals surface area contributed by atoms with Crippen molar-refractivity contribution in [3.05, 3.63) is 155 Å². The number of anilines is 3. The number of halogens is 1. The van der Waals surface area contributed by atoms with E-state index >= 15 is 0 Å². The fourth-order valence-electron chi connectivity index (χ4n) is 4.62. The summed E-state index contributed by atoms with van der Waals surface area (Å²) in [6.45, 7) is 1.94. The van der Waals surface area contributed by atoms with Crippen molar-refractivity contribution in [2.75, 3.05) is 10.7 Å². The van der Waals surface area contributed by atoms with Crippen LogP contribution >= 0.6 is 23.4 Å². The van der Waals surface area contributed by atoms with Gasteiger partial charge in [-0.1, -0.05) is 54.1 Å². The van der Waals surface area contributed by atoms with Crippen LogP contribution in [0.5, 0.6) is 0 Å². The highest BCUT2D eigenvalue weighted by Crippen LogP contribution is 2.35. The van der Waals surface area contributed by atoms with E-state index in [1.165, 1.54) is 0 Å². The normalized spacial score (nSPS) is 10.7. The second-order valence-corrected chi connectivity index (χ2v) is 11.4. The Labute approximate surface area is 255 Å². The van der Waals surface area contributed by atoms with Crippen LogP contribution in [0.2, 0.25) is 5.02 Å². The van der Waals surface area contributed by atoms with Crippen LogP contribution in [0.3, 0.4) is 0 Å². The summed E-state index contributed by atoms with van der Waals surface area (Å²) in [5.41, 5.74) is 5.51. The molecule has 0 saturated heterocycles. The first kappa shape index (κ1) is 29.1. The number of benzene rings is 5. The van der Waals surface area contributed by atoms with Gasteiger partial charge in [0.1, 0.15) is 0 Å². The predicted octanol–water partition coefficient (Wildman–Crippen LogP) is 9.73. The Morgan fingerprint density at radius 3 is 1.86 bits per heavy atom. The maximum atomic E-state index is 13.1. The first-order valence-electron chi connectivity index (χ1n) is 13.6. The summed E-state index contributed by atoms with van der Waals surface area (Å²) in [6.07, 6.45) is 0.373. The Balaban J connectivity index is 1.32. The fraction of sp³-hybridized carbons (Fsp3) is 0.0833. The van der Waals surface area contributed by atoms with Gasteiger partial charge in [0.2, 0.25) is 5.78 Å². The van der Waals surface area contributed by atoms with Crippen LogP contribution in [0, 0.1) is 12.3 Å². The van der Waals surface area contributed by atoms with Crippen molar-refractivity contribution in [1.29, 1.82) is 5.41 Å². The van der Waals surface area contributed by atoms with Gasteiger partial charge in [0.15, 0.2) is 5.78 Å². The molecule has 0 saturated carbocycles. The Morgan fingerprint density at radius 1 is 0.690 bits per heavy atom. The summed E-state index contributed by atoms with van der Waals surface area (Å²) < 4.78 is 0. The number of nitrogens with zero attached hydrogens (tertiary/aromatic N) is 1. The lowest BCUT2D eigenvalue weighted by molar-refractivity contribution is 0.103. The molecule has 6 heteroatoms. The Bertz CT molecular complexity index is 1700. The van der Waals surface area contributed by atoms with E-state index in [-0.39, 0.29) is 17.3 Å². The van der Waals surface area contributed by atoms with Crippen LogP contribution < -0.4 is 4.90 Å². The molecule has 0 bridgehead atoms.